The van der Waals surface area contributed by atoms with Gasteiger partial charge in [0, 0.05) is 39.0 Å². The van der Waals surface area contributed by atoms with Crippen molar-refractivity contribution in [2.24, 2.45) is 5.10 Å². The highest BCUT2D eigenvalue weighted by molar-refractivity contribution is 6.40. The van der Waals surface area contributed by atoms with Gasteiger partial charge in [-0.05, 0) is 37.6 Å². The lowest BCUT2D eigenvalue weighted by atomic mass is 10.1. The fourth-order valence-corrected chi connectivity index (χ4v) is 3.29. The topological polar surface area (TPSA) is 56.2 Å². The molecule has 0 aliphatic carbocycles. The second-order valence-corrected chi connectivity index (χ2v) is 6.77. The van der Waals surface area contributed by atoms with Crippen LogP contribution in [0.15, 0.2) is 23.3 Å². The summed E-state index contributed by atoms with van der Waals surface area (Å²) in [5.74, 6) is -0.0837. The van der Waals surface area contributed by atoms with Crippen molar-refractivity contribution in [2.75, 3.05) is 37.7 Å². The highest BCUT2D eigenvalue weighted by Gasteiger charge is 2.30. The molecular formula is C19H26N4O2. The first kappa shape index (κ1) is 17.6. The number of benzene rings is 1. The van der Waals surface area contributed by atoms with Gasteiger partial charge in [0.05, 0.1) is 5.69 Å². The van der Waals surface area contributed by atoms with Crippen molar-refractivity contribution in [3.63, 3.8) is 0 Å². The standard InChI is InChI=1S/C19H26N4O2/c1-4-21-9-11-22(12-10-21)19(25)16-7-8-18(24)23(20-16)17-13-14(2)5-6-15(17)3/h5-6,13H,4,7-12H2,1-3H3. The highest BCUT2D eigenvalue weighted by atomic mass is 16.2. The molecule has 6 heteroatoms. The molecule has 3 rings (SSSR count). The first-order chi connectivity index (χ1) is 12.0. The number of hydrazone groups is 1. The fourth-order valence-electron chi connectivity index (χ4n) is 3.29. The zero-order valence-corrected chi connectivity index (χ0v) is 15.3. The van der Waals surface area contributed by atoms with Gasteiger partial charge in [-0.25, -0.2) is 5.01 Å². The molecule has 6 nitrogen and oxygen atoms in total. The Balaban J connectivity index is 1.81. The molecule has 2 aliphatic heterocycles. The lowest BCUT2D eigenvalue weighted by molar-refractivity contribution is -0.126. The SMILES string of the molecule is CCN1CCN(C(=O)C2=NN(c3cc(C)ccc3C)C(=O)CC2)CC1. The molecule has 1 aromatic carbocycles. The van der Waals surface area contributed by atoms with Crippen molar-refractivity contribution in [2.45, 2.75) is 33.6 Å². The second kappa shape index (κ2) is 7.35. The van der Waals surface area contributed by atoms with E-state index in [1.807, 2.05) is 36.9 Å². The minimum absolute atomic E-state index is 0.0291. The quantitative estimate of drug-likeness (QED) is 0.844. The summed E-state index contributed by atoms with van der Waals surface area (Å²) in [6, 6.07) is 5.94. The third-order valence-electron chi connectivity index (χ3n) is 4.98. The number of likely N-dealkylation sites (N-methyl/N-ethyl adjacent to an activating group) is 1. The van der Waals surface area contributed by atoms with Crippen LogP contribution in [0, 0.1) is 13.8 Å². The third-order valence-corrected chi connectivity index (χ3v) is 4.98. The van der Waals surface area contributed by atoms with E-state index in [1.165, 1.54) is 5.01 Å². The van der Waals surface area contributed by atoms with Gasteiger partial charge in [-0.2, -0.15) is 5.10 Å². The Morgan fingerprint density at radius 2 is 1.84 bits per heavy atom. The number of nitrogens with zero attached hydrogens (tertiary/aromatic N) is 4. The number of carbonyl (C=O) groups excluding carboxylic acids is 2. The number of piperazine rings is 1. The van der Waals surface area contributed by atoms with E-state index < -0.39 is 0 Å². The van der Waals surface area contributed by atoms with Crippen LogP contribution in [0.4, 0.5) is 5.69 Å². The number of aryl methyl sites for hydroxylation is 2. The Bertz CT molecular complexity index is 705. The van der Waals surface area contributed by atoms with Crippen LogP contribution in [0.3, 0.4) is 0 Å². The van der Waals surface area contributed by atoms with Crippen molar-refractivity contribution in [1.29, 1.82) is 0 Å². The van der Waals surface area contributed by atoms with Crippen molar-refractivity contribution in [3.8, 4) is 0 Å². The summed E-state index contributed by atoms with van der Waals surface area (Å²) < 4.78 is 0. The monoisotopic (exact) mass is 342 g/mol. The van der Waals surface area contributed by atoms with Crippen molar-refractivity contribution in [1.82, 2.24) is 9.80 Å². The first-order valence-electron chi connectivity index (χ1n) is 8.99. The van der Waals surface area contributed by atoms with Crippen molar-refractivity contribution in [3.05, 3.63) is 29.3 Å². The maximum absolute atomic E-state index is 12.8. The van der Waals surface area contributed by atoms with Crippen molar-refractivity contribution < 1.29 is 9.59 Å². The number of rotatable bonds is 3. The van der Waals surface area contributed by atoms with Gasteiger partial charge in [0.1, 0.15) is 5.71 Å². The third kappa shape index (κ3) is 3.74. The van der Waals surface area contributed by atoms with Crippen LogP contribution >= 0.6 is 0 Å². The molecule has 2 aliphatic rings. The molecule has 0 atom stereocenters. The molecule has 0 aromatic heterocycles. The van der Waals surface area contributed by atoms with Gasteiger partial charge in [0.25, 0.3) is 5.91 Å². The maximum atomic E-state index is 12.8. The Morgan fingerprint density at radius 1 is 1.12 bits per heavy atom. The fraction of sp³-hybridized carbons (Fsp3) is 0.526. The van der Waals surface area contributed by atoms with E-state index in [0.29, 0.717) is 18.6 Å². The van der Waals surface area contributed by atoms with Gasteiger partial charge in [-0.15, -0.1) is 0 Å². The molecular weight excluding hydrogens is 316 g/mol. The molecule has 0 radical (unpaired) electrons. The smallest absolute Gasteiger partial charge is 0.270 e. The molecule has 134 valence electrons. The van der Waals surface area contributed by atoms with E-state index in [1.54, 1.807) is 0 Å². The predicted octanol–water partition coefficient (Wildman–Crippen LogP) is 1.95. The summed E-state index contributed by atoms with van der Waals surface area (Å²) in [7, 11) is 0. The summed E-state index contributed by atoms with van der Waals surface area (Å²) in [5, 5.41) is 5.86. The van der Waals surface area contributed by atoms with Crippen LogP contribution in [-0.4, -0.2) is 60.0 Å². The zero-order chi connectivity index (χ0) is 18.0. The first-order valence-corrected chi connectivity index (χ1v) is 8.99. The van der Waals surface area contributed by atoms with Gasteiger partial charge in [-0.3, -0.25) is 9.59 Å². The minimum Gasteiger partial charge on any atom is -0.335 e. The molecule has 2 heterocycles. The van der Waals surface area contributed by atoms with Crippen molar-refractivity contribution >= 4 is 23.2 Å². The Labute approximate surface area is 149 Å². The molecule has 0 bridgehead atoms. The molecule has 1 aromatic rings. The number of amides is 2. The van der Waals surface area contributed by atoms with E-state index in [0.717, 1.165) is 49.5 Å². The summed E-state index contributed by atoms with van der Waals surface area (Å²) >= 11 is 0. The molecule has 1 fully saturated rings. The average molecular weight is 342 g/mol. The molecule has 0 unspecified atom stereocenters. The maximum Gasteiger partial charge on any atom is 0.270 e. The van der Waals surface area contributed by atoms with Gasteiger partial charge < -0.3 is 9.80 Å². The van der Waals surface area contributed by atoms with Gasteiger partial charge >= 0.3 is 0 Å². The normalized spacial score (nSPS) is 19.2. The Hall–Kier alpha value is -2.21. The molecule has 1 saturated heterocycles. The van der Waals surface area contributed by atoms with Crippen LogP contribution in [0.2, 0.25) is 0 Å². The molecule has 2 amide bonds. The zero-order valence-electron chi connectivity index (χ0n) is 15.3. The van der Waals surface area contributed by atoms with Gasteiger partial charge in [0.2, 0.25) is 5.91 Å². The van der Waals surface area contributed by atoms with E-state index in [-0.39, 0.29) is 11.8 Å². The summed E-state index contributed by atoms with van der Waals surface area (Å²) in [6.07, 6.45) is 0.750. The lowest BCUT2D eigenvalue weighted by Crippen LogP contribution is -2.51. The Kier molecular flexibility index (Phi) is 5.18. The molecule has 0 N–H and O–H groups in total. The van der Waals surface area contributed by atoms with Crippen LogP contribution in [0.5, 0.6) is 0 Å². The number of carbonyl (C=O) groups is 2. The summed E-state index contributed by atoms with van der Waals surface area (Å²) in [5.41, 5.74) is 3.31. The highest BCUT2D eigenvalue weighted by Crippen LogP contribution is 2.25. The van der Waals surface area contributed by atoms with Gasteiger partial charge in [0.15, 0.2) is 0 Å². The second-order valence-electron chi connectivity index (χ2n) is 6.77. The summed E-state index contributed by atoms with van der Waals surface area (Å²) in [4.78, 5) is 29.4. The van der Waals surface area contributed by atoms with Crippen LogP contribution < -0.4 is 5.01 Å². The van der Waals surface area contributed by atoms with E-state index in [4.69, 9.17) is 0 Å². The van der Waals surface area contributed by atoms with Crippen LogP contribution in [0.1, 0.15) is 30.9 Å². The number of anilines is 1. The van der Waals surface area contributed by atoms with E-state index >= 15 is 0 Å². The molecule has 25 heavy (non-hydrogen) atoms. The Morgan fingerprint density at radius 3 is 2.52 bits per heavy atom. The minimum atomic E-state index is -0.0546. The molecule has 0 saturated carbocycles. The molecule has 0 spiro atoms. The van der Waals surface area contributed by atoms with Gasteiger partial charge in [-0.1, -0.05) is 19.1 Å². The summed E-state index contributed by atoms with van der Waals surface area (Å²) in [6.45, 7) is 10.3. The van der Waals surface area contributed by atoms with E-state index in [2.05, 4.69) is 16.9 Å². The lowest BCUT2D eigenvalue weighted by Gasteiger charge is -2.35. The number of hydrogen-bond donors (Lipinski definition) is 0. The average Bonchev–Trinajstić information content (AvgIpc) is 2.64. The largest absolute Gasteiger partial charge is 0.335 e. The predicted molar refractivity (Wildman–Crippen MR) is 98.8 cm³/mol. The van der Waals surface area contributed by atoms with Crippen LogP contribution in [-0.2, 0) is 9.59 Å². The van der Waals surface area contributed by atoms with E-state index in [9.17, 15) is 9.59 Å². The van der Waals surface area contributed by atoms with Crippen LogP contribution in [0.25, 0.3) is 0 Å². The number of hydrogen-bond acceptors (Lipinski definition) is 4.